The molecule has 152 valence electrons. The summed E-state index contributed by atoms with van der Waals surface area (Å²) in [5.74, 6) is 0.0446. The number of methoxy groups -OCH3 is 1. The van der Waals surface area contributed by atoms with Crippen LogP contribution < -0.4 is 0 Å². The molecule has 0 aliphatic carbocycles. The molecule has 2 saturated heterocycles. The maximum absolute atomic E-state index is 13.1. The van der Waals surface area contributed by atoms with Gasteiger partial charge in [-0.1, -0.05) is 0 Å². The molecule has 0 spiro atoms. The van der Waals surface area contributed by atoms with Crippen LogP contribution in [0.1, 0.15) is 25.7 Å². The highest BCUT2D eigenvalue weighted by molar-refractivity contribution is 7.86. The van der Waals surface area contributed by atoms with Crippen molar-refractivity contribution in [2.75, 3.05) is 46.4 Å². The first-order valence-corrected chi connectivity index (χ1v) is 10.9. The minimum absolute atomic E-state index is 0.0446. The Hall–Kier alpha value is -1.49. The van der Waals surface area contributed by atoms with Crippen LogP contribution >= 0.6 is 0 Å². The number of hydrogen-bond donors (Lipinski definition) is 0. The Morgan fingerprint density at radius 1 is 1.19 bits per heavy atom. The van der Waals surface area contributed by atoms with Gasteiger partial charge in [-0.3, -0.25) is 9.48 Å². The lowest BCUT2D eigenvalue weighted by Gasteiger charge is -2.30. The van der Waals surface area contributed by atoms with Crippen molar-refractivity contribution < 1.29 is 17.9 Å². The first kappa shape index (κ1) is 20.2. The summed E-state index contributed by atoms with van der Waals surface area (Å²) in [5.41, 5.74) is 0. The summed E-state index contributed by atoms with van der Waals surface area (Å²) < 4.78 is 36.2. The summed E-state index contributed by atoms with van der Waals surface area (Å²) in [6.45, 7) is 3.31. The molecule has 0 bridgehead atoms. The third kappa shape index (κ3) is 4.87. The maximum atomic E-state index is 13.1. The predicted octanol–water partition coefficient (Wildman–Crippen LogP) is 0.163. The van der Waals surface area contributed by atoms with E-state index in [9.17, 15) is 13.2 Å². The lowest BCUT2D eigenvalue weighted by molar-refractivity contribution is -0.131. The molecule has 1 unspecified atom stereocenters. The summed E-state index contributed by atoms with van der Waals surface area (Å²) in [6, 6.07) is 1.74. The highest BCUT2D eigenvalue weighted by Crippen LogP contribution is 2.24. The van der Waals surface area contributed by atoms with Crippen molar-refractivity contribution in [3.63, 3.8) is 0 Å². The molecule has 9 nitrogen and oxygen atoms in total. The van der Waals surface area contributed by atoms with E-state index in [-0.39, 0.29) is 11.9 Å². The summed E-state index contributed by atoms with van der Waals surface area (Å²) >= 11 is 0. The standard InChI is InChI=1S/C17H29N5O4S/c1-26-15-16-5-2-11-22(16)27(24,25)21-10-4-8-19(13-14-21)17(23)6-12-20-9-3-7-18-20/h3,7,9,16H,2,4-6,8,10-15H2,1H3. The van der Waals surface area contributed by atoms with E-state index >= 15 is 0 Å². The Balaban J connectivity index is 1.56. The van der Waals surface area contributed by atoms with Crippen molar-refractivity contribution in [3.05, 3.63) is 18.5 Å². The number of carbonyl (C=O) groups excluding carboxylic acids is 1. The lowest BCUT2D eigenvalue weighted by Crippen LogP contribution is -2.48. The second kappa shape index (κ2) is 9.13. The van der Waals surface area contributed by atoms with Crippen molar-refractivity contribution in [2.45, 2.75) is 38.3 Å². The summed E-state index contributed by atoms with van der Waals surface area (Å²) in [6.07, 6.45) is 6.23. The van der Waals surface area contributed by atoms with Crippen molar-refractivity contribution in [2.24, 2.45) is 0 Å². The van der Waals surface area contributed by atoms with Crippen molar-refractivity contribution in [3.8, 4) is 0 Å². The van der Waals surface area contributed by atoms with Crippen LogP contribution in [-0.4, -0.2) is 90.1 Å². The molecule has 0 N–H and O–H groups in total. The molecule has 2 fully saturated rings. The Kier molecular flexibility index (Phi) is 6.85. The molecule has 1 atom stereocenters. The Labute approximate surface area is 161 Å². The number of ether oxygens (including phenoxy) is 1. The van der Waals surface area contributed by atoms with Crippen LogP contribution in [-0.2, 0) is 26.3 Å². The van der Waals surface area contributed by atoms with Gasteiger partial charge in [0.25, 0.3) is 10.2 Å². The average Bonchev–Trinajstić information content (AvgIpc) is 3.27. The van der Waals surface area contributed by atoms with Gasteiger partial charge in [0.1, 0.15) is 0 Å². The number of aromatic nitrogens is 2. The van der Waals surface area contributed by atoms with Crippen LogP contribution in [0.25, 0.3) is 0 Å². The van der Waals surface area contributed by atoms with Gasteiger partial charge in [0.15, 0.2) is 0 Å². The third-order valence-electron chi connectivity index (χ3n) is 5.23. The van der Waals surface area contributed by atoms with Crippen LogP contribution in [0.3, 0.4) is 0 Å². The molecule has 3 rings (SSSR count). The molecule has 2 aliphatic heterocycles. The van der Waals surface area contributed by atoms with E-state index < -0.39 is 10.2 Å². The third-order valence-corrected chi connectivity index (χ3v) is 7.32. The molecule has 1 aromatic rings. The zero-order valence-corrected chi connectivity index (χ0v) is 16.7. The summed E-state index contributed by atoms with van der Waals surface area (Å²) in [4.78, 5) is 14.3. The molecule has 1 aromatic heterocycles. The van der Waals surface area contributed by atoms with Crippen molar-refractivity contribution in [1.29, 1.82) is 0 Å². The molecule has 27 heavy (non-hydrogen) atoms. The van der Waals surface area contributed by atoms with Gasteiger partial charge in [0, 0.05) is 71.2 Å². The van der Waals surface area contributed by atoms with Gasteiger partial charge in [-0.15, -0.1) is 0 Å². The Bertz CT molecular complexity index is 709. The number of rotatable bonds is 7. The average molecular weight is 400 g/mol. The van der Waals surface area contributed by atoms with Crippen molar-refractivity contribution >= 4 is 16.1 Å². The van der Waals surface area contributed by atoms with E-state index in [1.165, 1.54) is 4.31 Å². The van der Waals surface area contributed by atoms with Crippen molar-refractivity contribution in [1.82, 2.24) is 23.3 Å². The zero-order valence-electron chi connectivity index (χ0n) is 15.9. The fraction of sp³-hybridized carbons (Fsp3) is 0.765. The molecule has 10 heteroatoms. The number of carbonyl (C=O) groups is 1. The van der Waals surface area contributed by atoms with Crippen LogP contribution in [0.2, 0.25) is 0 Å². The molecule has 0 saturated carbocycles. The number of amides is 1. The second-order valence-corrected chi connectivity index (χ2v) is 8.90. The number of nitrogens with zero attached hydrogens (tertiary/aromatic N) is 5. The molecule has 2 aliphatic rings. The molecule has 3 heterocycles. The van der Waals surface area contributed by atoms with Gasteiger partial charge in [0.2, 0.25) is 5.91 Å². The molecular formula is C17H29N5O4S. The Morgan fingerprint density at radius 3 is 2.78 bits per heavy atom. The fourth-order valence-corrected chi connectivity index (χ4v) is 5.67. The molecule has 0 radical (unpaired) electrons. The van der Waals surface area contributed by atoms with Gasteiger partial charge in [-0.05, 0) is 25.3 Å². The molecule has 1 amide bonds. The van der Waals surface area contributed by atoms with E-state index in [1.54, 1.807) is 27.2 Å². The minimum atomic E-state index is -3.52. The van der Waals surface area contributed by atoms with Gasteiger partial charge in [-0.2, -0.15) is 22.1 Å². The smallest absolute Gasteiger partial charge is 0.282 e. The molecular weight excluding hydrogens is 370 g/mol. The zero-order chi connectivity index (χ0) is 19.3. The van der Waals surface area contributed by atoms with Gasteiger partial charge < -0.3 is 9.64 Å². The van der Waals surface area contributed by atoms with E-state index in [4.69, 9.17) is 4.74 Å². The number of aryl methyl sites for hydroxylation is 1. The highest BCUT2D eigenvalue weighted by Gasteiger charge is 2.38. The van der Waals surface area contributed by atoms with Gasteiger partial charge in [-0.25, -0.2) is 0 Å². The quantitative estimate of drug-likeness (QED) is 0.652. The summed E-state index contributed by atoms with van der Waals surface area (Å²) in [7, 11) is -1.92. The van der Waals surface area contributed by atoms with E-state index in [1.807, 2.05) is 12.3 Å². The monoisotopic (exact) mass is 399 g/mol. The number of hydrogen-bond acceptors (Lipinski definition) is 5. The van der Waals surface area contributed by atoms with E-state index in [2.05, 4.69) is 5.10 Å². The second-order valence-electron chi connectivity index (χ2n) is 7.02. The minimum Gasteiger partial charge on any atom is -0.383 e. The predicted molar refractivity (Wildman–Crippen MR) is 100 cm³/mol. The first-order chi connectivity index (χ1) is 13.0. The van der Waals surface area contributed by atoms with Crippen LogP contribution in [0.5, 0.6) is 0 Å². The fourth-order valence-electron chi connectivity index (χ4n) is 3.80. The van der Waals surface area contributed by atoms with E-state index in [0.29, 0.717) is 58.7 Å². The Morgan fingerprint density at radius 2 is 2.04 bits per heavy atom. The first-order valence-electron chi connectivity index (χ1n) is 9.53. The summed E-state index contributed by atoms with van der Waals surface area (Å²) in [5, 5.41) is 4.11. The van der Waals surface area contributed by atoms with Gasteiger partial charge in [0.05, 0.1) is 6.61 Å². The SMILES string of the molecule is COCC1CCCN1S(=O)(=O)N1CCCN(C(=O)CCn2cccn2)CC1. The maximum Gasteiger partial charge on any atom is 0.282 e. The molecule has 0 aromatic carbocycles. The highest BCUT2D eigenvalue weighted by atomic mass is 32.2. The largest absolute Gasteiger partial charge is 0.383 e. The van der Waals surface area contributed by atoms with Crippen LogP contribution in [0.15, 0.2) is 18.5 Å². The topological polar surface area (TPSA) is 88.0 Å². The van der Waals surface area contributed by atoms with E-state index in [0.717, 1.165) is 12.8 Å². The van der Waals surface area contributed by atoms with Crippen LogP contribution in [0, 0.1) is 0 Å². The normalized spacial score (nSPS) is 22.9. The van der Waals surface area contributed by atoms with Crippen LogP contribution in [0.4, 0.5) is 0 Å². The lowest BCUT2D eigenvalue weighted by atomic mass is 10.2. The van der Waals surface area contributed by atoms with Gasteiger partial charge >= 0.3 is 0 Å².